The molecule has 0 saturated carbocycles. The average Bonchev–Trinajstić information content (AvgIpc) is 2.48. The van der Waals surface area contributed by atoms with Crippen LogP contribution in [0.5, 0.6) is 0 Å². The highest BCUT2D eigenvalue weighted by molar-refractivity contribution is 8.51. The van der Waals surface area contributed by atoms with Gasteiger partial charge < -0.3 is 0 Å². The largest absolute Gasteiger partial charge is 0.179 e. The van der Waals surface area contributed by atoms with Crippen LogP contribution >= 0.6 is 108 Å². The van der Waals surface area contributed by atoms with Crippen molar-refractivity contribution in [2.45, 2.75) is 31.0 Å². The molecule has 1 fully saturated rings. The number of rotatable bonds is 12. The van der Waals surface area contributed by atoms with Crippen molar-refractivity contribution in [3.8, 4) is 0 Å². The Morgan fingerprint density at radius 2 is 0.857 bits per heavy atom. The Balaban J connectivity index is 2.35. The monoisotopic (exact) mass is 456 g/mol. The van der Waals surface area contributed by atoms with Crippen LogP contribution in [-0.4, -0.2) is 46.3 Å². The minimum Gasteiger partial charge on any atom is -0.179 e. The van der Waals surface area contributed by atoms with Gasteiger partial charge in [0, 0.05) is 0 Å². The summed E-state index contributed by atoms with van der Waals surface area (Å²) in [4.78, 5) is 0. The Kier molecular flexibility index (Phi) is 16.3. The van der Waals surface area contributed by atoms with Gasteiger partial charge in [-0.05, 0) is 53.8 Å². The second-order valence-electron chi connectivity index (χ2n) is 4.12. The lowest BCUT2D eigenvalue weighted by molar-refractivity contribution is 1.13. The van der Waals surface area contributed by atoms with Gasteiger partial charge in [0.25, 0.3) is 0 Å². The number of thioether (sulfide) groups is 6. The Bertz CT molecular complexity index is 197. The second kappa shape index (κ2) is 15.4. The molecule has 0 N–H and O–H groups in total. The smallest absolute Gasteiger partial charge is 0.0994 e. The van der Waals surface area contributed by atoms with E-state index in [2.05, 4.69) is 108 Å². The van der Waals surface area contributed by atoms with Gasteiger partial charge in [0.1, 0.15) is 0 Å². The van der Waals surface area contributed by atoms with Crippen molar-refractivity contribution in [3.63, 3.8) is 0 Å². The predicted octanol–water partition coefficient (Wildman–Crippen LogP) is 6.21. The third-order valence-corrected chi connectivity index (χ3v) is 13.5. The molecule has 0 atom stereocenters. The Hall–Kier alpha value is 3.15. The van der Waals surface area contributed by atoms with Gasteiger partial charge in [0.2, 0.25) is 0 Å². The summed E-state index contributed by atoms with van der Waals surface area (Å²) in [5.74, 6) is 6.72. The first kappa shape index (κ1) is 22.2. The van der Waals surface area contributed by atoms with Gasteiger partial charge in [-0.25, -0.2) is 0 Å². The second-order valence-corrected chi connectivity index (χ2v) is 15.4. The quantitative estimate of drug-likeness (QED) is 0.234. The summed E-state index contributed by atoms with van der Waals surface area (Å²) in [6, 6.07) is 0. The highest BCUT2D eigenvalue weighted by atomic mass is 32.3. The molecule has 0 unspecified atom stereocenters. The van der Waals surface area contributed by atoms with Crippen LogP contribution in [0.25, 0.3) is 0 Å². The molecule has 9 heteroatoms. The highest BCUT2D eigenvalue weighted by Crippen LogP contribution is 2.57. The molecule has 0 aromatic rings. The van der Waals surface area contributed by atoms with E-state index < -0.39 is 0 Å². The first-order valence-corrected chi connectivity index (χ1v) is 14.8. The van der Waals surface area contributed by atoms with E-state index in [4.69, 9.17) is 0 Å². The molecule has 0 amide bonds. The zero-order valence-electron chi connectivity index (χ0n) is 11.9. The molecule has 126 valence electrons. The minimum absolute atomic E-state index is 0.688. The number of thiol groups is 3. The van der Waals surface area contributed by atoms with Crippen molar-refractivity contribution < 1.29 is 0 Å². The molecule has 0 spiro atoms. The SMILES string of the molecule is SCCCSC1SC(SCCCS)SC(SCCCS)S1. The summed E-state index contributed by atoms with van der Waals surface area (Å²) >= 11 is 25.7. The molecule has 1 saturated heterocycles. The van der Waals surface area contributed by atoms with Gasteiger partial charge in [0.15, 0.2) is 0 Å². The molecule has 21 heavy (non-hydrogen) atoms. The molecule has 1 heterocycles. The number of hydrogen-bond donors (Lipinski definition) is 3. The molecule has 1 aliphatic rings. The van der Waals surface area contributed by atoms with Crippen LogP contribution in [0, 0.1) is 0 Å². The van der Waals surface area contributed by atoms with E-state index in [1.54, 1.807) is 0 Å². The topological polar surface area (TPSA) is 0 Å². The van der Waals surface area contributed by atoms with E-state index in [1.807, 2.05) is 0 Å². The van der Waals surface area contributed by atoms with Crippen LogP contribution in [0.3, 0.4) is 0 Å². The highest BCUT2D eigenvalue weighted by Gasteiger charge is 2.31. The fraction of sp³-hybridized carbons (Fsp3) is 1.00. The molecule has 1 aliphatic heterocycles. The summed E-state index contributed by atoms with van der Waals surface area (Å²) in [5, 5.41) is 0. The van der Waals surface area contributed by atoms with Gasteiger partial charge >= 0.3 is 0 Å². The van der Waals surface area contributed by atoms with E-state index in [0.29, 0.717) is 11.7 Å². The van der Waals surface area contributed by atoms with Crippen molar-refractivity contribution in [1.82, 2.24) is 0 Å². The molecule has 0 aliphatic carbocycles. The first-order valence-electron chi connectivity index (χ1n) is 6.94. The van der Waals surface area contributed by atoms with Crippen molar-refractivity contribution in [2.75, 3.05) is 34.5 Å². The van der Waals surface area contributed by atoms with E-state index in [9.17, 15) is 0 Å². The lowest BCUT2D eigenvalue weighted by Gasteiger charge is -2.32. The Morgan fingerprint density at radius 1 is 0.571 bits per heavy atom. The first-order chi connectivity index (χ1) is 10.3. The molecular weight excluding hydrogens is 433 g/mol. The van der Waals surface area contributed by atoms with Crippen molar-refractivity contribution in [3.05, 3.63) is 0 Å². The van der Waals surface area contributed by atoms with Gasteiger partial charge in [-0.3, -0.25) is 0 Å². The zero-order chi connectivity index (χ0) is 15.3. The van der Waals surface area contributed by atoms with Crippen LogP contribution in [-0.2, 0) is 0 Å². The Labute approximate surface area is 172 Å². The van der Waals surface area contributed by atoms with Crippen LogP contribution in [0.15, 0.2) is 0 Å². The van der Waals surface area contributed by atoms with Crippen molar-refractivity contribution >= 4 is 108 Å². The summed E-state index contributed by atoms with van der Waals surface area (Å²) in [5.41, 5.74) is 0. The van der Waals surface area contributed by atoms with Crippen LogP contribution in [0.4, 0.5) is 0 Å². The predicted molar refractivity (Wildman–Crippen MR) is 127 cm³/mol. The summed E-state index contributed by atoms with van der Waals surface area (Å²) in [6.07, 6.45) is 3.65. The molecule has 0 radical (unpaired) electrons. The molecule has 0 nitrogen and oxygen atoms in total. The van der Waals surface area contributed by atoms with Gasteiger partial charge in [-0.15, -0.1) is 70.6 Å². The van der Waals surface area contributed by atoms with E-state index >= 15 is 0 Å². The van der Waals surface area contributed by atoms with Gasteiger partial charge in [-0.1, -0.05) is 0 Å². The van der Waals surface area contributed by atoms with Crippen LogP contribution < -0.4 is 0 Å². The van der Waals surface area contributed by atoms with Gasteiger partial charge in [0.05, 0.1) is 11.7 Å². The van der Waals surface area contributed by atoms with Gasteiger partial charge in [-0.2, -0.15) is 37.9 Å². The summed E-state index contributed by atoms with van der Waals surface area (Å²) in [6.45, 7) is 0. The number of hydrogen-bond acceptors (Lipinski definition) is 9. The lowest BCUT2D eigenvalue weighted by atomic mass is 10.6. The fourth-order valence-corrected chi connectivity index (χ4v) is 15.4. The standard InChI is InChI=1S/C12H24S9/c13-4-1-7-16-10-19-11(17-8-2-5-14)21-12(20-10)18-9-3-6-15/h10-15H,1-9H2. The third kappa shape index (κ3) is 11.4. The van der Waals surface area contributed by atoms with Crippen molar-refractivity contribution in [1.29, 1.82) is 0 Å². The molecule has 1 rings (SSSR count). The minimum atomic E-state index is 0.688. The fourth-order valence-electron chi connectivity index (χ4n) is 1.34. The maximum atomic E-state index is 4.31. The normalized spacial score (nSPS) is 26.1. The lowest BCUT2D eigenvalue weighted by Crippen LogP contribution is -2.13. The Morgan fingerprint density at radius 3 is 1.10 bits per heavy atom. The maximum absolute atomic E-state index is 4.31. The zero-order valence-corrected chi connectivity index (χ0v) is 19.5. The maximum Gasteiger partial charge on any atom is 0.0994 e. The van der Waals surface area contributed by atoms with E-state index in [0.717, 1.165) is 17.3 Å². The summed E-state index contributed by atoms with van der Waals surface area (Å²) < 4.78 is 2.06. The summed E-state index contributed by atoms with van der Waals surface area (Å²) in [7, 11) is 0. The average molecular weight is 457 g/mol. The molecular formula is C12H24S9. The van der Waals surface area contributed by atoms with Crippen LogP contribution in [0.2, 0.25) is 0 Å². The van der Waals surface area contributed by atoms with E-state index in [-0.39, 0.29) is 0 Å². The molecule has 0 aromatic carbocycles. The molecule has 0 aromatic heterocycles. The third-order valence-electron chi connectivity index (χ3n) is 2.34. The van der Waals surface area contributed by atoms with E-state index in [1.165, 1.54) is 36.5 Å². The molecule has 0 bridgehead atoms. The van der Waals surface area contributed by atoms with Crippen molar-refractivity contribution in [2.24, 2.45) is 0 Å². The van der Waals surface area contributed by atoms with Crippen LogP contribution in [0.1, 0.15) is 19.3 Å².